The van der Waals surface area contributed by atoms with Crippen LogP contribution in [0.2, 0.25) is 0 Å². The number of aliphatic hydroxyl groups is 13. The van der Waals surface area contributed by atoms with Gasteiger partial charge in [-0.2, -0.15) is 0 Å². The van der Waals surface area contributed by atoms with E-state index in [4.69, 9.17) is 37.9 Å². The predicted octanol–water partition coefficient (Wildman–Crippen LogP) is -1.86. The molecule has 5 aliphatic carbocycles. The van der Waals surface area contributed by atoms with E-state index >= 15 is 0 Å². The van der Waals surface area contributed by atoms with Crippen molar-refractivity contribution < 1.29 is 114 Å². The fraction of sp³-hybridized carbons (Fsp3) is 0.943. The van der Waals surface area contributed by atoms with Crippen molar-refractivity contribution in [3.8, 4) is 0 Å². The first-order valence-electron chi connectivity index (χ1n) is 27.3. The summed E-state index contributed by atoms with van der Waals surface area (Å²) in [7, 11) is 0. The standard InChI is InChI=1S/C53H86O23/c1-48(2)14-15-53(21-56)23(16-48)22-8-9-28-50(5)12-11-30(49(3,4)27(50)10-13-51(28,6)52(22,7)17-29(53)58)72-47-42(76-45-37(65)35(63)33(61)26(19-55)71-45)39(38(66)40(74-47)43(67)68)73-46-41(31(59)24(57)20-69-46)75-44-36(64)34(62)32(60)25(18-54)70-44/h8,23-42,44-47,54-66H,9-21H2,1-7H3,(H,67,68)/t23-,24+,25+,26+,27-,28+,29+,30-,31-,32+,33-,34-,35-,36+,37+,38-,39-,40-,41+,42+,44-,45-,46-,47+,50-,51+,52+,53+/m0/s1. The van der Waals surface area contributed by atoms with E-state index < -0.39 is 166 Å². The summed E-state index contributed by atoms with van der Waals surface area (Å²) in [4.78, 5) is 13.1. The molecule has 0 radical (unpaired) electrons. The first-order chi connectivity index (χ1) is 35.5. The van der Waals surface area contributed by atoms with Gasteiger partial charge in [0.1, 0.15) is 85.5 Å². The Hall–Kier alpha value is -1.63. The molecular formula is C53H86O23. The monoisotopic (exact) mass is 1090 g/mol. The number of carboxylic acid groups (broad SMARTS) is 1. The molecule has 14 N–H and O–H groups in total. The Kier molecular flexibility index (Phi) is 16.5. The molecule has 9 rings (SSSR count). The first kappa shape index (κ1) is 59.0. The summed E-state index contributed by atoms with van der Waals surface area (Å²) in [6.07, 6.45) is -28.0. The van der Waals surface area contributed by atoms with Crippen molar-refractivity contribution in [1.82, 2.24) is 0 Å². The van der Waals surface area contributed by atoms with Crippen LogP contribution in [0.3, 0.4) is 0 Å². The highest BCUT2D eigenvalue weighted by Crippen LogP contribution is 2.76. The van der Waals surface area contributed by atoms with E-state index in [1.165, 1.54) is 5.57 Å². The average molecular weight is 1090 g/mol. The molecule has 0 unspecified atom stereocenters. The van der Waals surface area contributed by atoms with Gasteiger partial charge in [-0.3, -0.25) is 0 Å². The van der Waals surface area contributed by atoms with Crippen molar-refractivity contribution in [2.75, 3.05) is 26.4 Å². The molecule has 4 aliphatic heterocycles. The SMILES string of the molecule is CC1(C)CC[C@]2(CO)[C@H](O)C[C@]3(C)C(=CC[C@@H]4[C@@]5(C)CC[C@H](O[C@@H]6O[C@H](C(=O)O)[C@@H](O)[C@H](O[C@@H]7OC[C@@H](O)[C@H](O)[C@H]7O[C@@H]7O[C@H](CO)[C@@H](O)[C@H](O)[C@H]7O)[C@H]6O[C@@H]6O[C@H](CO)[C@H](O)[C@H](O)[C@H]6O)C(C)(C)[C@@H]5CC[C@]43C)[C@@H]2C1. The summed E-state index contributed by atoms with van der Waals surface area (Å²) in [5.74, 6) is -1.47. The maximum absolute atomic E-state index is 13.1. The van der Waals surface area contributed by atoms with Gasteiger partial charge in [-0.15, -0.1) is 0 Å². The molecule has 0 amide bonds. The molecule has 4 saturated heterocycles. The summed E-state index contributed by atoms with van der Waals surface area (Å²) < 4.78 is 48.6. The molecule has 0 bridgehead atoms. The highest BCUT2D eigenvalue weighted by molar-refractivity contribution is 5.73. The third kappa shape index (κ3) is 9.46. The largest absolute Gasteiger partial charge is 0.479 e. The van der Waals surface area contributed by atoms with E-state index in [2.05, 4.69) is 54.5 Å². The molecule has 23 heteroatoms. The van der Waals surface area contributed by atoms with Gasteiger partial charge in [-0.1, -0.05) is 60.1 Å². The summed E-state index contributed by atoms with van der Waals surface area (Å²) in [6.45, 7) is 13.4. The van der Waals surface area contributed by atoms with Crippen molar-refractivity contribution in [2.24, 2.45) is 50.2 Å². The van der Waals surface area contributed by atoms with E-state index in [0.717, 1.165) is 38.5 Å². The zero-order valence-electron chi connectivity index (χ0n) is 44.6. The van der Waals surface area contributed by atoms with Crippen molar-refractivity contribution in [1.29, 1.82) is 0 Å². The minimum absolute atomic E-state index is 0.000714. The van der Waals surface area contributed by atoms with Gasteiger partial charge in [0.2, 0.25) is 0 Å². The minimum Gasteiger partial charge on any atom is -0.479 e. The topological polar surface area (TPSA) is 374 Å². The molecule has 8 fully saturated rings. The lowest BCUT2D eigenvalue weighted by atomic mass is 9.33. The molecule has 9 aliphatic rings. The number of ether oxygens (including phenoxy) is 8. The zero-order chi connectivity index (χ0) is 55.6. The molecule has 28 atom stereocenters. The van der Waals surface area contributed by atoms with Gasteiger partial charge in [0.15, 0.2) is 31.3 Å². The predicted molar refractivity (Wildman–Crippen MR) is 259 cm³/mol. The second-order valence-electron chi connectivity index (χ2n) is 26.0. The quantitative estimate of drug-likeness (QED) is 0.0753. The number of rotatable bonds is 12. The maximum Gasteiger partial charge on any atom is 0.335 e. The van der Waals surface area contributed by atoms with Gasteiger partial charge in [0.25, 0.3) is 0 Å². The molecule has 4 heterocycles. The number of aliphatic hydroxyl groups excluding tert-OH is 13. The number of aliphatic carboxylic acids is 1. The number of hydrogen-bond donors (Lipinski definition) is 14. The Bertz CT molecular complexity index is 2090. The highest BCUT2D eigenvalue weighted by Gasteiger charge is 2.70. The number of carbonyl (C=O) groups is 1. The molecule has 0 spiro atoms. The second-order valence-corrected chi connectivity index (χ2v) is 26.0. The maximum atomic E-state index is 13.1. The van der Waals surface area contributed by atoms with Crippen LogP contribution in [0.1, 0.15) is 106 Å². The van der Waals surface area contributed by atoms with Crippen LogP contribution in [-0.4, -0.2) is 233 Å². The van der Waals surface area contributed by atoms with Crippen LogP contribution in [0.5, 0.6) is 0 Å². The van der Waals surface area contributed by atoms with E-state index in [0.29, 0.717) is 19.3 Å². The number of allylic oxidation sites excluding steroid dienone is 2. The molecule has 76 heavy (non-hydrogen) atoms. The van der Waals surface area contributed by atoms with E-state index in [-0.39, 0.29) is 46.0 Å². The zero-order valence-corrected chi connectivity index (χ0v) is 44.6. The van der Waals surface area contributed by atoms with Crippen LogP contribution < -0.4 is 0 Å². The van der Waals surface area contributed by atoms with Gasteiger partial charge in [-0.05, 0) is 103 Å². The smallest absolute Gasteiger partial charge is 0.335 e. The summed E-state index contributed by atoms with van der Waals surface area (Å²) in [5, 5.41) is 153. The van der Waals surface area contributed by atoms with E-state index in [9.17, 15) is 76.3 Å². The molecule has 23 nitrogen and oxygen atoms in total. The van der Waals surface area contributed by atoms with Crippen molar-refractivity contribution >= 4 is 5.97 Å². The Morgan fingerprint density at radius 2 is 1.20 bits per heavy atom. The lowest BCUT2D eigenvalue weighted by Crippen LogP contribution is -2.69. The van der Waals surface area contributed by atoms with Gasteiger partial charge in [-0.25, -0.2) is 4.79 Å². The number of carboxylic acids is 1. The van der Waals surface area contributed by atoms with E-state index in [1.54, 1.807) is 0 Å². The highest BCUT2D eigenvalue weighted by atomic mass is 16.8. The number of hydrogen-bond acceptors (Lipinski definition) is 22. The third-order valence-electron chi connectivity index (χ3n) is 21.2. The second kappa shape index (κ2) is 21.3. The van der Waals surface area contributed by atoms with Crippen LogP contribution in [0.15, 0.2) is 11.6 Å². The first-order valence-corrected chi connectivity index (χ1v) is 27.3. The summed E-state index contributed by atoms with van der Waals surface area (Å²) >= 11 is 0. The lowest BCUT2D eigenvalue weighted by Gasteiger charge is -2.72. The van der Waals surface area contributed by atoms with Gasteiger partial charge in [0, 0.05) is 5.41 Å². The Morgan fingerprint density at radius 1 is 0.605 bits per heavy atom. The Morgan fingerprint density at radius 3 is 1.78 bits per heavy atom. The molecule has 0 aromatic carbocycles. The summed E-state index contributed by atoms with van der Waals surface area (Å²) in [6, 6.07) is 0. The molecule has 0 aromatic rings. The van der Waals surface area contributed by atoms with Crippen molar-refractivity contribution in [3.05, 3.63) is 11.6 Å². The number of fused-ring (bicyclic) bond motifs is 7. The normalized spacial score (nSPS) is 54.0. The summed E-state index contributed by atoms with van der Waals surface area (Å²) in [5.41, 5.74) is -0.759. The molecule has 436 valence electrons. The van der Waals surface area contributed by atoms with Crippen molar-refractivity contribution in [2.45, 2.75) is 235 Å². The third-order valence-corrected chi connectivity index (χ3v) is 21.2. The molecule has 0 aromatic heterocycles. The molecule has 4 saturated carbocycles. The Labute approximate surface area is 442 Å². The van der Waals surface area contributed by atoms with Crippen LogP contribution in [0, 0.1) is 50.2 Å². The van der Waals surface area contributed by atoms with Crippen LogP contribution in [-0.2, 0) is 42.7 Å². The van der Waals surface area contributed by atoms with Crippen LogP contribution in [0.25, 0.3) is 0 Å². The van der Waals surface area contributed by atoms with Gasteiger partial charge < -0.3 is 109 Å². The fourth-order valence-electron chi connectivity index (χ4n) is 16.4. The lowest BCUT2D eigenvalue weighted by molar-refractivity contribution is -0.401. The van der Waals surface area contributed by atoms with E-state index in [1.807, 2.05) is 0 Å². The van der Waals surface area contributed by atoms with Crippen molar-refractivity contribution in [3.63, 3.8) is 0 Å². The van der Waals surface area contributed by atoms with Gasteiger partial charge in [0.05, 0.1) is 38.6 Å². The fourth-order valence-corrected chi connectivity index (χ4v) is 16.4. The molecular weight excluding hydrogens is 1000 g/mol. The van der Waals surface area contributed by atoms with Gasteiger partial charge >= 0.3 is 5.97 Å². The average Bonchev–Trinajstić information content (AvgIpc) is 3.56. The van der Waals surface area contributed by atoms with Crippen LogP contribution in [0.4, 0.5) is 0 Å². The van der Waals surface area contributed by atoms with Crippen LogP contribution >= 0.6 is 0 Å². The minimum atomic E-state index is -2.20. The Balaban J connectivity index is 1.03.